The lowest BCUT2D eigenvalue weighted by Gasteiger charge is -2.63. The normalized spacial score (nSPS) is 51.5. The van der Waals surface area contributed by atoms with Gasteiger partial charge in [0.25, 0.3) is 0 Å². The zero-order chi connectivity index (χ0) is 23.2. The van der Waals surface area contributed by atoms with Gasteiger partial charge in [0.05, 0.1) is 6.10 Å². The van der Waals surface area contributed by atoms with Crippen molar-refractivity contribution >= 4 is 6.29 Å². The van der Waals surface area contributed by atoms with Crippen LogP contribution in [0.15, 0.2) is 11.6 Å². The predicted octanol–water partition coefficient (Wildman–Crippen LogP) is 7.35. The lowest BCUT2D eigenvalue weighted by molar-refractivity contribution is -0.162. The number of hydrogen-bond acceptors (Lipinski definition) is 2. The minimum absolute atomic E-state index is 0.0696. The Labute approximate surface area is 197 Å². The van der Waals surface area contributed by atoms with E-state index in [2.05, 4.69) is 47.6 Å². The van der Waals surface area contributed by atoms with Gasteiger partial charge in [-0.15, -0.1) is 0 Å². The van der Waals surface area contributed by atoms with Crippen molar-refractivity contribution in [3.63, 3.8) is 0 Å². The summed E-state index contributed by atoms with van der Waals surface area (Å²) in [6.07, 6.45) is 17.2. The highest BCUT2D eigenvalue weighted by atomic mass is 16.3. The molecule has 180 valence electrons. The zero-order valence-corrected chi connectivity index (χ0v) is 21.7. The molecule has 1 N–H and O–H groups in total. The van der Waals surface area contributed by atoms with Crippen molar-refractivity contribution in [2.75, 3.05) is 0 Å². The van der Waals surface area contributed by atoms with Crippen LogP contribution in [0.2, 0.25) is 0 Å². The average Bonchev–Trinajstić information content (AvgIpc) is 3.32. The second-order valence-corrected chi connectivity index (χ2v) is 14.2. The van der Waals surface area contributed by atoms with Gasteiger partial charge in [-0.3, -0.25) is 0 Å². The summed E-state index contributed by atoms with van der Waals surface area (Å²) in [5, 5.41) is 10.8. The summed E-state index contributed by atoms with van der Waals surface area (Å²) in [5.41, 5.74) is 3.17. The fraction of sp³-hybridized carbons (Fsp3) is 0.900. The van der Waals surface area contributed by atoms with Crippen LogP contribution in [0.3, 0.4) is 0 Å². The summed E-state index contributed by atoms with van der Waals surface area (Å²) < 4.78 is 0. The van der Waals surface area contributed by atoms with Crippen LogP contribution in [0, 0.1) is 50.7 Å². The maximum Gasteiger partial charge on any atom is 0.123 e. The molecular weight excluding hydrogens is 392 g/mol. The number of allylic oxidation sites excluding steroid dienone is 2. The van der Waals surface area contributed by atoms with Gasteiger partial charge in [0.15, 0.2) is 0 Å². The quantitative estimate of drug-likeness (QED) is 0.358. The molecule has 32 heavy (non-hydrogen) atoms. The lowest BCUT2D eigenvalue weighted by atomic mass is 9.41. The first-order valence-corrected chi connectivity index (χ1v) is 13.8. The Morgan fingerprint density at radius 1 is 0.906 bits per heavy atom. The fourth-order valence-corrected chi connectivity index (χ4v) is 11.0. The summed E-state index contributed by atoms with van der Waals surface area (Å²) in [4.78, 5) is 12.3. The van der Waals surface area contributed by atoms with Crippen LogP contribution < -0.4 is 0 Å². The van der Waals surface area contributed by atoms with Gasteiger partial charge < -0.3 is 9.90 Å². The molecule has 9 atom stereocenters. The molecule has 5 fully saturated rings. The monoisotopic (exact) mass is 440 g/mol. The van der Waals surface area contributed by atoms with Crippen LogP contribution in [-0.4, -0.2) is 17.5 Å². The second-order valence-electron chi connectivity index (χ2n) is 14.2. The molecule has 0 saturated heterocycles. The first-order valence-electron chi connectivity index (χ1n) is 13.8. The van der Waals surface area contributed by atoms with Gasteiger partial charge in [0, 0.05) is 5.92 Å². The number of rotatable bonds is 5. The SMILES string of the molecule is CC(C)=CCCC(C=O)C1CCC2(C)C3CCC4C(C)(C)C(O)CCC45CC35CCC12C. The molecule has 5 rings (SSSR count). The molecule has 5 saturated carbocycles. The summed E-state index contributed by atoms with van der Waals surface area (Å²) in [6.45, 7) is 14.3. The van der Waals surface area contributed by atoms with Crippen molar-refractivity contribution in [2.45, 2.75) is 118 Å². The smallest absolute Gasteiger partial charge is 0.123 e. The summed E-state index contributed by atoms with van der Waals surface area (Å²) in [7, 11) is 0. The predicted molar refractivity (Wildman–Crippen MR) is 131 cm³/mol. The number of aliphatic hydroxyl groups excluding tert-OH is 1. The van der Waals surface area contributed by atoms with Crippen molar-refractivity contribution < 1.29 is 9.90 Å². The number of carbonyl (C=O) groups excluding carboxylic acids is 1. The molecule has 5 aliphatic rings. The van der Waals surface area contributed by atoms with E-state index in [4.69, 9.17) is 0 Å². The molecular formula is C30H48O2. The molecule has 9 unspecified atom stereocenters. The van der Waals surface area contributed by atoms with Crippen LogP contribution in [0.1, 0.15) is 112 Å². The van der Waals surface area contributed by atoms with Gasteiger partial charge >= 0.3 is 0 Å². The summed E-state index contributed by atoms with van der Waals surface area (Å²) in [5.74, 6) is 2.31. The summed E-state index contributed by atoms with van der Waals surface area (Å²) >= 11 is 0. The molecule has 2 nitrogen and oxygen atoms in total. The van der Waals surface area contributed by atoms with Gasteiger partial charge in [-0.1, -0.05) is 39.3 Å². The highest BCUT2D eigenvalue weighted by Gasteiger charge is 2.82. The molecule has 0 aliphatic heterocycles. The minimum atomic E-state index is -0.123. The molecule has 0 radical (unpaired) electrons. The van der Waals surface area contributed by atoms with Crippen molar-refractivity contribution in [1.29, 1.82) is 0 Å². The largest absolute Gasteiger partial charge is 0.393 e. The molecule has 0 aromatic carbocycles. The topological polar surface area (TPSA) is 37.3 Å². The van der Waals surface area contributed by atoms with Gasteiger partial charge in [-0.25, -0.2) is 0 Å². The Kier molecular flexibility index (Phi) is 5.20. The first kappa shape index (κ1) is 23.1. The van der Waals surface area contributed by atoms with E-state index in [-0.39, 0.29) is 17.4 Å². The molecule has 0 bridgehead atoms. The molecule has 2 heteroatoms. The molecule has 0 aromatic rings. The van der Waals surface area contributed by atoms with E-state index in [1.165, 1.54) is 63.2 Å². The number of aliphatic hydroxyl groups is 1. The van der Waals surface area contributed by atoms with E-state index in [9.17, 15) is 9.90 Å². The van der Waals surface area contributed by atoms with Crippen molar-refractivity contribution in [1.82, 2.24) is 0 Å². The highest BCUT2D eigenvalue weighted by molar-refractivity contribution is 5.55. The number of hydrogen-bond donors (Lipinski definition) is 1. The van der Waals surface area contributed by atoms with Gasteiger partial charge in [-0.05, 0) is 129 Å². The molecule has 0 heterocycles. The van der Waals surface area contributed by atoms with E-state index in [0.29, 0.717) is 33.5 Å². The van der Waals surface area contributed by atoms with E-state index < -0.39 is 0 Å². The Morgan fingerprint density at radius 3 is 2.28 bits per heavy atom. The number of carbonyl (C=O) groups is 1. The van der Waals surface area contributed by atoms with Gasteiger partial charge in [-0.2, -0.15) is 0 Å². The summed E-state index contributed by atoms with van der Waals surface area (Å²) in [6, 6.07) is 0. The molecule has 5 aliphatic carbocycles. The maximum absolute atomic E-state index is 12.3. The third-order valence-corrected chi connectivity index (χ3v) is 12.9. The van der Waals surface area contributed by atoms with Crippen LogP contribution in [0.5, 0.6) is 0 Å². The molecule has 0 amide bonds. The Bertz CT molecular complexity index is 808. The van der Waals surface area contributed by atoms with Crippen LogP contribution in [0.25, 0.3) is 0 Å². The van der Waals surface area contributed by atoms with Crippen molar-refractivity contribution in [2.24, 2.45) is 50.7 Å². The average molecular weight is 441 g/mol. The standard InChI is InChI=1S/C30H48O2/c1-20(2)8-7-9-21(18-31)22-12-14-28(6)24-11-10-23-26(3,4)25(32)13-15-29(23)19-30(24,29)17-16-27(22,28)5/h8,18,21-25,32H,7,9-17,19H2,1-6H3. The van der Waals surface area contributed by atoms with E-state index in [1.54, 1.807) is 0 Å². The molecule has 0 aromatic heterocycles. The lowest BCUT2D eigenvalue weighted by Crippen LogP contribution is -2.57. The number of aldehydes is 1. The zero-order valence-electron chi connectivity index (χ0n) is 21.7. The van der Waals surface area contributed by atoms with E-state index in [1.807, 2.05) is 0 Å². The van der Waals surface area contributed by atoms with Crippen LogP contribution >= 0.6 is 0 Å². The van der Waals surface area contributed by atoms with Crippen molar-refractivity contribution in [3.05, 3.63) is 11.6 Å². The minimum Gasteiger partial charge on any atom is -0.393 e. The third kappa shape index (κ3) is 2.71. The molecule has 2 spiro atoms. The fourth-order valence-electron chi connectivity index (χ4n) is 11.0. The maximum atomic E-state index is 12.3. The van der Waals surface area contributed by atoms with Crippen molar-refractivity contribution in [3.8, 4) is 0 Å². The first-order chi connectivity index (χ1) is 15.0. The highest BCUT2D eigenvalue weighted by Crippen LogP contribution is 2.89. The van der Waals surface area contributed by atoms with Crippen LogP contribution in [0.4, 0.5) is 0 Å². The Hall–Kier alpha value is -0.630. The number of fused-ring (bicyclic) bond motifs is 2. The second kappa shape index (κ2) is 7.19. The van der Waals surface area contributed by atoms with Crippen LogP contribution in [-0.2, 0) is 4.79 Å². The Morgan fingerprint density at radius 2 is 1.59 bits per heavy atom. The van der Waals surface area contributed by atoms with Gasteiger partial charge in [0.1, 0.15) is 6.29 Å². The Balaban J connectivity index is 1.42. The van der Waals surface area contributed by atoms with Gasteiger partial charge in [0.2, 0.25) is 0 Å². The van der Waals surface area contributed by atoms with E-state index in [0.717, 1.165) is 25.2 Å². The third-order valence-electron chi connectivity index (χ3n) is 12.9. The van der Waals surface area contributed by atoms with E-state index >= 15 is 0 Å².